The molecule has 0 aliphatic heterocycles. The fourth-order valence-electron chi connectivity index (χ4n) is 3.57. The zero-order valence-corrected chi connectivity index (χ0v) is 17.7. The van der Waals surface area contributed by atoms with Gasteiger partial charge in [0.05, 0.1) is 18.1 Å². The van der Waals surface area contributed by atoms with Crippen LogP contribution in [0.15, 0.2) is 49.2 Å². The highest BCUT2D eigenvalue weighted by Gasteiger charge is 2.14. The second-order valence-electron chi connectivity index (χ2n) is 7.45. The largest absolute Gasteiger partial charge is 0.352 e. The van der Waals surface area contributed by atoms with Crippen LogP contribution in [0.4, 0.5) is 11.5 Å². The molecule has 4 aromatic rings. The first-order chi connectivity index (χ1) is 15.2. The van der Waals surface area contributed by atoms with Crippen LogP contribution in [0.3, 0.4) is 0 Å². The molecule has 3 heterocycles. The van der Waals surface area contributed by atoms with Crippen LogP contribution in [0.2, 0.25) is 0 Å². The Bertz CT molecular complexity index is 1150. The van der Waals surface area contributed by atoms with E-state index in [0.717, 1.165) is 36.2 Å². The SMILES string of the molecule is CCCC(CC)CNC(=O)c1cccc(Nc2ncc(-c3cn[nH]c3)n3ncnc23)c1. The molecule has 9 nitrogen and oxygen atoms in total. The van der Waals surface area contributed by atoms with E-state index in [-0.39, 0.29) is 5.91 Å². The average molecular weight is 419 g/mol. The normalized spacial score (nSPS) is 12.1. The molecule has 0 aliphatic carbocycles. The number of benzene rings is 1. The summed E-state index contributed by atoms with van der Waals surface area (Å²) in [5, 5.41) is 17.4. The Morgan fingerprint density at radius 3 is 2.90 bits per heavy atom. The molecule has 31 heavy (non-hydrogen) atoms. The Kier molecular flexibility index (Phi) is 6.21. The summed E-state index contributed by atoms with van der Waals surface area (Å²) in [6.45, 7) is 5.02. The van der Waals surface area contributed by atoms with Crippen molar-refractivity contribution in [1.29, 1.82) is 0 Å². The zero-order valence-electron chi connectivity index (χ0n) is 17.7. The summed E-state index contributed by atoms with van der Waals surface area (Å²) < 4.78 is 1.70. The Labute approximate surface area is 180 Å². The van der Waals surface area contributed by atoms with Crippen LogP contribution in [0.25, 0.3) is 16.9 Å². The van der Waals surface area contributed by atoms with Gasteiger partial charge in [0.1, 0.15) is 6.33 Å². The fourth-order valence-corrected chi connectivity index (χ4v) is 3.57. The van der Waals surface area contributed by atoms with Crippen LogP contribution in [-0.4, -0.2) is 42.2 Å². The molecule has 0 radical (unpaired) electrons. The molecule has 9 heteroatoms. The van der Waals surface area contributed by atoms with Gasteiger partial charge in [-0.25, -0.2) is 14.5 Å². The number of anilines is 2. The molecule has 0 saturated heterocycles. The van der Waals surface area contributed by atoms with Gasteiger partial charge in [0.2, 0.25) is 0 Å². The van der Waals surface area contributed by atoms with Crippen LogP contribution < -0.4 is 10.6 Å². The van der Waals surface area contributed by atoms with Crippen molar-refractivity contribution >= 4 is 23.1 Å². The van der Waals surface area contributed by atoms with Crippen LogP contribution in [0.5, 0.6) is 0 Å². The van der Waals surface area contributed by atoms with E-state index in [1.807, 2.05) is 24.3 Å². The average Bonchev–Trinajstić information content (AvgIpc) is 3.49. The maximum absolute atomic E-state index is 12.6. The Balaban J connectivity index is 1.52. The summed E-state index contributed by atoms with van der Waals surface area (Å²) in [4.78, 5) is 21.5. The summed E-state index contributed by atoms with van der Waals surface area (Å²) in [6.07, 6.45) is 9.98. The van der Waals surface area contributed by atoms with Gasteiger partial charge in [-0.2, -0.15) is 10.2 Å². The third-order valence-electron chi connectivity index (χ3n) is 5.31. The monoisotopic (exact) mass is 418 g/mol. The molecule has 3 N–H and O–H groups in total. The lowest BCUT2D eigenvalue weighted by Gasteiger charge is -2.15. The first-order valence-corrected chi connectivity index (χ1v) is 10.5. The van der Waals surface area contributed by atoms with Crippen molar-refractivity contribution in [3.05, 3.63) is 54.7 Å². The van der Waals surface area contributed by atoms with Crippen LogP contribution in [0, 0.1) is 5.92 Å². The van der Waals surface area contributed by atoms with Crippen molar-refractivity contribution in [2.75, 3.05) is 11.9 Å². The lowest BCUT2D eigenvalue weighted by Crippen LogP contribution is -2.29. The maximum atomic E-state index is 12.6. The van der Waals surface area contributed by atoms with Crippen molar-refractivity contribution in [2.45, 2.75) is 33.1 Å². The molecule has 0 aliphatic rings. The highest BCUT2D eigenvalue weighted by molar-refractivity contribution is 5.95. The number of amides is 1. The first-order valence-electron chi connectivity index (χ1n) is 10.5. The molecule has 4 rings (SSSR count). The van der Waals surface area contributed by atoms with E-state index < -0.39 is 0 Å². The quantitative estimate of drug-likeness (QED) is 0.381. The number of nitrogens with zero attached hydrogens (tertiary/aromatic N) is 5. The molecule has 0 fully saturated rings. The molecular formula is C22H26N8O. The topological polar surface area (TPSA) is 113 Å². The van der Waals surface area contributed by atoms with Gasteiger partial charge in [-0.3, -0.25) is 9.89 Å². The number of aromatic amines is 1. The van der Waals surface area contributed by atoms with E-state index in [1.54, 1.807) is 23.1 Å². The third-order valence-corrected chi connectivity index (χ3v) is 5.31. The predicted molar refractivity (Wildman–Crippen MR) is 119 cm³/mol. The number of H-pyrrole nitrogens is 1. The second kappa shape index (κ2) is 9.38. The second-order valence-corrected chi connectivity index (χ2v) is 7.45. The number of hydrogen-bond acceptors (Lipinski definition) is 6. The first kappa shape index (κ1) is 20.5. The highest BCUT2D eigenvalue weighted by atomic mass is 16.1. The van der Waals surface area contributed by atoms with Gasteiger partial charge >= 0.3 is 0 Å². The molecule has 1 unspecified atom stereocenters. The number of hydrogen-bond donors (Lipinski definition) is 3. The van der Waals surface area contributed by atoms with E-state index in [1.165, 1.54) is 6.33 Å². The number of carbonyl (C=O) groups excluding carboxylic acids is 1. The Morgan fingerprint density at radius 2 is 2.13 bits per heavy atom. The van der Waals surface area contributed by atoms with Crippen LogP contribution in [-0.2, 0) is 0 Å². The number of nitrogens with one attached hydrogen (secondary N) is 3. The summed E-state index contributed by atoms with van der Waals surface area (Å²) in [6, 6.07) is 7.36. The lowest BCUT2D eigenvalue weighted by molar-refractivity contribution is 0.0946. The van der Waals surface area contributed by atoms with E-state index in [9.17, 15) is 4.79 Å². The fraction of sp³-hybridized carbons (Fsp3) is 0.318. The Hall–Kier alpha value is -3.75. The Morgan fingerprint density at radius 1 is 1.23 bits per heavy atom. The minimum atomic E-state index is -0.0749. The number of aromatic nitrogens is 6. The summed E-state index contributed by atoms with van der Waals surface area (Å²) in [5.41, 5.74) is 3.57. The summed E-state index contributed by atoms with van der Waals surface area (Å²) >= 11 is 0. The third kappa shape index (κ3) is 4.55. The predicted octanol–water partition coefficient (Wildman–Crippen LogP) is 3.81. The van der Waals surface area contributed by atoms with E-state index in [4.69, 9.17) is 0 Å². The van der Waals surface area contributed by atoms with Gasteiger partial charge in [-0.15, -0.1) is 0 Å². The van der Waals surface area contributed by atoms with Crippen LogP contribution >= 0.6 is 0 Å². The number of fused-ring (bicyclic) bond motifs is 1. The van der Waals surface area contributed by atoms with Gasteiger partial charge in [0.25, 0.3) is 5.91 Å². The van der Waals surface area contributed by atoms with E-state index in [0.29, 0.717) is 29.5 Å². The van der Waals surface area contributed by atoms with Crippen LogP contribution in [0.1, 0.15) is 43.5 Å². The van der Waals surface area contributed by atoms with Crippen molar-refractivity contribution in [2.24, 2.45) is 5.92 Å². The van der Waals surface area contributed by atoms with Crippen molar-refractivity contribution in [3.8, 4) is 11.3 Å². The van der Waals surface area contributed by atoms with Crippen molar-refractivity contribution < 1.29 is 4.79 Å². The standard InChI is InChI=1S/C22H26N8O/c1-3-6-15(4-2)10-24-22(31)16-7-5-8-18(9-16)29-20-21-25-14-28-30(21)19(13-23-20)17-11-26-27-12-17/h5,7-9,11-15H,3-4,6,10H2,1-2H3,(H,23,29)(H,24,31)(H,26,27). The minimum Gasteiger partial charge on any atom is -0.352 e. The van der Waals surface area contributed by atoms with Crippen molar-refractivity contribution in [3.63, 3.8) is 0 Å². The van der Waals surface area contributed by atoms with E-state index in [2.05, 4.69) is 49.7 Å². The van der Waals surface area contributed by atoms with Crippen molar-refractivity contribution in [1.82, 2.24) is 35.1 Å². The summed E-state index contributed by atoms with van der Waals surface area (Å²) in [7, 11) is 0. The number of carbonyl (C=O) groups is 1. The maximum Gasteiger partial charge on any atom is 0.251 e. The minimum absolute atomic E-state index is 0.0749. The van der Waals surface area contributed by atoms with E-state index >= 15 is 0 Å². The molecule has 1 atom stereocenters. The molecule has 3 aromatic heterocycles. The molecule has 1 amide bonds. The molecule has 0 saturated carbocycles. The summed E-state index contributed by atoms with van der Waals surface area (Å²) in [5.74, 6) is 0.986. The smallest absolute Gasteiger partial charge is 0.251 e. The molecular weight excluding hydrogens is 392 g/mol. The van der Waals surface area contributed by atoms with Gasteiger partial charge in [-0.1, -0.05) is 32.8 Å². The van der Waals surface area contributed by atoms with Gasteiger partial charge in [-0.05, 0) is 30.5 Å². The van der Waals surface area contributed by atoms with Gasteiger partial charge in [0, 0.05) is 29.6 Å². The molecule has 0 spiro atoms. The number of rotatable bonds is 9. The van der Waals surface area contributed by atoms with Gasteiger partial charge < -0.3 is 10.6 Å². The molecule has 160 valence electrons. The highest BCUT2D eigenvalue weighted by Crippen LogP contribution is 2.24. The molecule has 1 aromatic carbocycles. The van der Waals surface area contributed by atoms with Gasteiger partial charge in [0.15, 0.2) is 11.5 Å². The molecule has 0 bridgehead atoms. The zero-order chi connectivity index (χ0) is 21.6. The lowest BCUT2D eigenvalue weighted by atomic mass is 10.0.